The van der Waals surface area contributed by atoms with Crippen molar-refractivity contribution in [3.8, 4) is 5.75 Å². The van der Waals surface area contributed by atoms with Crippen LogP contribution in [-0.4, -0.2) is 43.9 Å². The van der Waals surface area contributed by atoms with E-state index in [1.165, 1.54) is 0 Å². The van der Waals surface area contributed by atoms with Crippen LogP contribution in [0.25, 0.3) is 10.8 Å². The summed E-state index contributed by atoms with van der Waals surface area (Å²) in [7, 11) is -7.14. The van der Waals surface area contributed by atoms with Crippen LogP contribution in [-0.2, 0) is 20.7 Å². The number of aryl methyl sites for hydroxylation is 1. The number of nitrogens with one attached hydrogen (secondary N) is 1. The van der Waals surface area contributed by atoms with E-state index in [1.54, 1.807) is 54.6 Å². The number of nitrogens with zero attached hydrogens (tertiary/aromatic N) is 2. The first-order valence-electron chi connectivity index (χ1n) is 12.0. The molecule has 4 aromatic carbocycles. The predicted molar refractivity (Wildman–Crippen MR) is 154 cm³/mol. The normalized spacial score (nSPS) is 11.1. The van der Waals surface area contributed by atoms with E-state index < -0.39 is 20.7 Å². The third-order valence-corrected chi connectivity index (χ3v) is 6.33. The van der Waals surface area contributed by atoms with Crippen LogP contribution < -0.4 is 15.8 Å². The summed E-state index contributed by atoms with van der Waals surface area (Å²) < 4.78 is 61.7. The lowest BCUT2D eigenvalue weighted by Crippen LogP contribution is -2.11. The van der Waals surface area contributed by atoms with Crippen molar-refractivity contribution in [1.29, 1.82) is 0 Å². The summed E-state index contributed by atoms with van der Waals surface area (Å²) in [6, 6.07) is 23.1. The summed E-state index contributed by atoms with van der Waals surface area (Å²) in [6.45, 7) is 2.03. The Labute approximate surface area is 237 Å². The van der Waals surface area contributed by atoms with Crippen LogP contribution in [0.2, 0.25) is 0 Å². The maximum Gasteiger partial charge on any atom is 0.425 e. The van der Waals surface area contributed by atoms with Gasteiger partial charge in [-0.3, -0.25) is 9.35 Å². The molecule has 12 nitrogen and oxygen atoms in total. The second kappa shape index (κ2) is 14.1. The van der Waals surface area contributed by atoms with Gasteiger partial charge in [-0.1, -0.05) is 18.2 Å². The van der Waals surface area contributed by atoms with Crippen LogP contribution in [0.5, 0.6) is 5.75 Å². The Morgan fingerprint density at radius 1 is 0.976 bits per heavy atom. The molecular weight excluding hydrogens is 572 g/mol. The van der Waals surface area contributed by atoms with Crippen LogP contribution in [0.15, 0.2) is 89.1 Å². The Hall–Kier alpha value is -4.66. The Kier molecular flexibility index (Phi) is 10.6. The Balaban J connectivity index is 0.00000108. The van der Waals surface area contributed by atoms with Gasteiger partial charge in [-0.2, -0.15) is 18.6 Å². The van der Waals surface area contributed by atoms with Crippen molar-refractivity contribution in [2.45, 2.75) is 13.3 Å². The lowest BCUT2D eigenvalue weighted by molar-refractivity contribution is 0.102. The molecule has 0 heterocycles. The van der Waals surface area contributed by atoms with Gasteiger partial charge >= 0.3 is 10.6 Å². The molecule has 14 heteroatoms. The summed E-state index contributed by atoms with van der Waals surface area (Å²) in [5.41, 5.74) is 9.70. The summed E-state index contributed by atoms with van der Waals surface area (Å²) in [4.78, 5) is 12.8. The van der Waals surface area contributed by atoms with Crippen molar-refractivity contribution in [2.75, 3.05) is 23.4 Å². The molecule has 0 radical (unpaired) electrons. The summed E-state index contributed by atoms with van der Waals surface area (Å²) >= 11 is 0. The zero-order valence-electron chi connectivity index (χ0n) is 21.7. The number of azo groups is 1. The van der Waals surface area contributed by atoms with Crippen LogP contribution in [0.3, 0.4) is 0 Å². The van der Waals surface area contributed by atoms with Gasteiger partial charge in [-0.25, -0.2) is 0 Å². The highest BCUT2D eigenvalue weighted by atomic mass is 32.2. The van der Waals surface area contributed by atoms with Gasteiger partial charge in [0.2, 0.25) is 0 Å². The van der Waals surface area contributed by atoms with Crippen molar-refractivity contribution < 1.29 is 35.1 Å². The number of benzene rings is 4. The number of amides is 1. The molecule has 4 aromatic rings. The van der Waals surface area contributed by atoms with Crippen LogP contribution in [0.1, 0.15) is 22.3 Å². The minimum atomic E-state index is -4.03. The minimum Gasteiger partial charge on any atom is -0.493 e. The molecule has 0 atom stereocenters. The highest BCUT2D eigenvalue weighted by molar-refractivity contribution is 7.85. The fourth-order valence-corrected chi connectivity index (χ4v) is 4.14. The van der Waals surface area contributed by atoms with Crippen LogP contribution in [0.4, 0.5) is 22.7 Å². The third kappa shape index (κ3) is 10.1. The zero-order valence-corrected chi connectivity index (χ0v) is 23.4. The largest absolute Gasteiger partial charge is 0.493 e. The summed E-state index contributed by atoms with van der Waals surface area (Å²) in [5.74, 6) is -0.112. The molecule has 0 aliphatic rings. The van der Waals surface area contributed by atoms with E-state index in [1.807, 2.05) is 31.2 Å². The summed E-state index contributed by atoms with van der Waals surface area (Å²) in [6.07, 6.45) is 0.154. The molecule has 0 unspecified atom stereocenters. The lowest BCUT2D eigenvalue weighted by atomic mass is 10.1. The first kappa shape index (κ1) is 30.9. The highest BCUT2D eigenvalue weighted by Crippen LogP contribution is 2.29. The van der Waals surface area contributed by atoms with E-state index in [2.05, 4.69) is 15.5 Å². The molecule has 0 aromatic heterocycles. The van der Waals surface area contributed by atoms with Gasteiger partial charge in [0.05, 0.1) is 23.7 Å². The number of hydrogen-bond acceptors (Lipinski definition) is 10. The number of fused-ring (bicyclic) bond motifs is 1. The average molecular weight is 599 g/mol. The monoisotopic (exact) mass is 598 g/mol. The van der Waals surface area contributed by atoms with E-state index in [0.29, 0.717) is 34.1 Å². The smallest absolute Gasteiger partial charge is 0.425 e. The van der Waals surface area contributed by atoms with Crippen molar-refractivity contribution in [1.82, 2.24) is 0 Å². The molecule has 0 spiro atoms. The number of hydrogen-bond donors (Lipinski definition) is 3. The van der Waals surface area contributed by atoms with Crippen molar-refractivity contribution in [3.05, 3.63) is 90.0 Å². The summed E-state index contributed by atoms with van der Waals surface area (Å²) in [5, 5.41) is 13.0. The van der Waals surface area contributed by atoms with E-state index in [0.717, 1.165) is 16.3 Å². The second-order valence-corrected chi connectivity index (χ2v) is 10.6. The number of nitrogens with two attached hydrogens (primary N) is 1. The number of rotatable bonds is 9. The molecule has 4 rings (SSSR count). The molecule has 1 amide bonds. The molecule has 0 aliphatic heterocycles. The second-order valence-electron chi connectivity index (χ2n) is 8.63. The van der Waals surface area contributed by atoms with Gasteiger partial charge in [0.15, 0.2) is 0 Å². The first-order chi connectivity index (χ1) is 19.4. The van der Waals surface area contributed by atoms with E-state index in [9.17, 15) is 13.2 Å². The molecule has 0 fully saturated rings. The van der Waals surface area contributed by atoms with Crippen molar-refractivity contribution in [3.63, 3.8) is 0 Å². The van der Waals surface area contributed by atoms with Crippen LogP contribution >= 0.6 is 0 Å². The van der Waals surface area contributed by atoms with Gasteiger partial charge in [0.1, 0.15) is 5.75 Å². The molecule has 41 heavy (non-hydrogen) atoms. The molecule has 0 bridgehead atoms. The quantitative estimate of drug-likeness (QED) is 0.102. The van der Waals surface area contributed by atoms with Gasteiger partial charge in [0, 0.05) is 22.3 Å². The molecule has 214 valence electrons. The van der Waals surface area contributed by atoms with Gasteiger partial charge in [-0.15, -0.1) is 12.6 Å². The minimum absolute atomic E-state index is 0.122. The molecule has 0 saturated carbocycles. The van der Waals surface area contributed by atoms with Crippen LogP contribution in [0, 0.1) is 6.92 Å². The fraction of sp³-hybridized carbons (Fsp3) is 0.148. The lowest BCUT2D eigenvalue weighted by Gasteiger charge is -2.11. The maximum atomic E-state index is 12.8. The van der Waals surface area contributed by atoms with E-state index >= 15 is 0 Å². The zero-order chi connectivity index (χ0) is 30.0. The predicted octanol–water partition coefficient (Wildman–Crippen LogP) is 5.05. The molecule has 0 aliphatic carbocycles. The first-order valence-corrected chi connectivity index (χ1v) is 14.6. The van der Waals surface area contributed by atoms with Gasteiger partial charge in [0.25, 0.3) is 16.0 Å². The SMILES string of the molecule is Cc1cc(N)ccc1N=Nc1ccc(C(=O)Nc2ccc3cccc(OCCCS(=O)(=O)O)c3c2)cc1.O=S(=O)=O. The number of anilines is 2. The number of nitrogen functional groups attached to an aromatic ring is 1. The Morgan fingerprint density at radius 3 is 2.34 bits per heavy atom. The third-order valence-electron chi connectivity index (χ3n) is 5.53. The standard InChI is InChI=1S/C27H26N4O5S.O3S/c1-18-16-21(28)9-13-25(18)31-30-22-10-7-20(8-11-22)27(32)29-23-12-6-19-4-2-5-26(24(19)17-23)36-14-3-15-37(33,34)35;1-4(2)3/h2,4-13,16-17H,3,14-15,28H2,1H3,(H,29,32)(H,33,34,35);. The fourth-order valence-electron chi connectivity index (χ4n) is 3.66. The number of carbonyl (C=O) groups is 1. The Bertz CT molecular complexity index is 1790. The number of ether oxygens (including phenoxy) is 1. The maximum absolute atomic E-state index is 12.8. The highest BCUT2D eigenvalue weighted by Gasteiger charge is 2.10. The van der Waals surface area contributed by atoms with E-state index in [4.69, 9.17) is 27.6 Å². The average Bonchev–Trinajstić information content (AvgIpc) is 2.90. The molecule has 4 N–H and O–H groups in total. The van der Waals surface area contributed by atoms with E-state index in [-0.39, 0.29) is 24.7 Å². The molecular formula is C27H26N4O8S2. The Morgan fingerprint density at radius 2 is 1.68 bits per heavy atom. The molecule has 0 saturated heterocycles. The van der Waals surface area contributed by atoms with Crippen molar-refractivity contribution >= 4 is 60.2 Å². The van der Waals surface area contributed by atoms with Gasteiger partial charge in [-0.05, 0) is 85.0 Å². The van der Waals surface area contributed by atoms with Crippen molar-refractivity contribution in [2.24, 2.45) is 10.2 Å². The topological polar surface area (TPSA) is 195 Å². The van der Waals surface area contributed by atoms with Gasteiger partial charge < -0.3 is 15.8 Å². The number of carbonyl (C=O) groups excluding carboxylic acids is 1.